The summed E-state index contributed by atoms with van der Waals surface area (Å²) in [6, 6.07) is 9.32. The minimum atomic E-state index is -4.14. The van der Waals surface area contributed by atoms with Gasteiger partial charge in [-0.1, -0.05) is 31.5 Å². The van der Waals surface area contributed by atoms with Gasteiger partial charge >= 0.3 is 0 Å². The van der Waals surface area contributed by atoms with Crippen molar-refractivity contribution in [3.63, 3.8) is 0 Å². The molecule has 0 saturated heterocycles. The van der Waals surface area contributed by atoms with Crippen molar-refractivity contribution in [1.29, 1.82) is 0 Å². The first-order valence-electron chi connectivity index (χ1n) is 9.56. The van der Waals surface area contributed by atoms with Crippen molar-refractivity contribution >= 4 is 33.8 Å². The van der Waals surface area contributed by atoms with Crippen LogP contribution in [0.1, 0.15) is 32.3 Å². The van der Waals surface area contributed by atoms with E-state index in [1.54, 1.807) is 0 Å². The van der Waals surface area contributed by atoms with E-state index in [0.29, 0.717) is 17.7 Å². The van der Waals surface area contributed by atoms with Gasteiger partial charge < -0.3 is 4.74 Å². The van der Waals surface area contributed by atoms with E-state index >= 15 is 0 Å². The minimum Gasteiger partial charge on any atom is -0.483 e. The highest BCUT2D eigenvalue weighted by Crippen LogP contribution is 2.22. The highest BCUT2D eigenvalue weighted by atomic mass is 35.5. The minimum absolute atomic E-state index is 0.0764. The lowest BCUT2D eigenvalue weighted by molar-refractivity contribution is -0.124. The largest absolute Gasteiger partial charge is 0.483 e. The molecule has 0 aromatic heterocycles. The molecule has 31 heavy (non-hydrogen) atoms. The number of benzene rings is 2. The molecule has 2 aromatic carbocycles. The van der Waals surface area contributed by atoms with Gasteiger partial charge in [-0.15, -0.1) is 4.41 Å². The van der Waals surface area contributed by atoms with Crippen LogP contribution in [0.15, 0.2) is 47.4 Å². The number of nitrogens with zero attached hydrogens (tertiary/aromatic N) is 1. The van der Waals surface area contributed by atoms with Crippen molar-refractivity contribution in [3.05, 3.63) is 58.9 Å². The summed E-state index contributed by atoms with van der Waals surface area (Å²) in [5.41, 5.74) is 2.69. The molecule has 0 heterocycles. The van der Waals surface area contributed by atoms with E-state index in [4.69, 9.17) is 16.3 Å². The van der Waals surface area contributed by atoms with Crippen LogP contribution in [0.4, 0.5) is 4.39 Å². The number of nitrogens with one attached hydrogen (secondary N) is 1. The van der Waals surface area contributed by atoms with Crippen molar-refractivity contribution < 1.29 is 27.1 Å². The third kappa shape index (κ3) is 7.30. The highest BCUT2D eigenvalue weighted by molar-refractivity contribution is 7.89. The Morgan fingerprint density at radius 3 is 2.48 bits per heavy atom. The van der Waals surface area contributed by atoms with Crippen LogP contribution < -0.4 is 10.2 Å². The van der Waals surface area contributed by atoms with Crippen molar-refractivity contribution in [2.75, 3.05) is 6.61 Å². The average Bonchev–Trinajstić information content (AvgIpc) is 2.71. The molecule has 0 bridgehead atoms. The summed E-state index contributed by atoms with van der Waals surface area (Å²) in [7, 11) is -4.14. The van der Waals surface area contributed by atoms with Crippen LogP contribution in [-0.4, -0.2) is 31.6 Å². The second-order valence-corrected chi connectivity index (χ2v) is 9.47. The number of ether oxygens (including phenoxy) is 1. The third-order valence-corrected chi connectivity index (χ3v) is 6.15. The Labute approximate surface area is 186 Å². The Kier molecular flexibility index (Phi) is 8.97. The van der Waals surface area contributed by atoms with Gasteiger partial charge in [0, 0.05) is 11.4 Å². The number of halogens is 2. The Morgan fingerprint density at radius 1 is 1.23 bits per heavy atom. The van der Waals surface area contributed by atoms with Crippen molar-refractivity contribution in [1.82, 2.24) is 9.84 Å². The molecule has 2 rings (SSSR count). The lowest BCUT2D eigenvalue weighted by atomic mass is 10.1. The van der Waals surface area contributed by atoms with Gasteiger partial charge in [-0.2, -0.15) is 0 Å². The molecule has 0 unspecified atom stereocenters. The van der Waals surface area contributed by atoms with Crippen LogP contribution in [-0.2, 0) is 26.2 Å². The summed E-state index contributed by atoms with van der Waals surface area (Å²) in [4.78, 5) is 22.7. The fourth-order valence-electron chi connectivity index (χ4n) is 2.58. The predicted octanol–water partition coefficient (Wildman–Crippen LogP) is 3.72. The monoisotopic (exact) mass is 470 g/mol. The Hall–Kier alpha value is -2.49. The van der Waals surface area contributed by atoms with Gasteiger partial charge in [0.05, 0.1) is 11.4 Å². The predicted molar refractivity (Wildman–Crippen MR) is 114 cm³/mol. The lowest BCUT2D eigenvalue weighted by Crippen LogP contribution is -2.45. The fraction of sp³-hybridized carbons (Fsp3) is 0.333. The second-order valence-electron chi connectivity index (χ2n) is 7.18. The number of amides is 1. The lowest BCUT2D eigenvalue weighted by Gasteiger charge is -2.23. The van der Waals surface area contributed by atoms with E-state index in [-0.39, 0.29) is 41.7 Å². The molecular formula is C21H24ClFN2O5S. The van der Waals surface area contributed by atoms with Crippen molar-refractivity contribution in [2.45, 2.75) is 38.1 Å². The summed E-state index contributed by atoms with van der Waals surface area (Å²) < 4.78 is 46.2. The van der Waals surface area contributed by atoms with Crippen LogP contribution in [0.5, 0.6) is 5.75 Å². The molecule has 0 fully saturated rings. The van der Waals surface area contributed by atoms with E-state index in [1.165, 1.54) is 36.4 Å². The second kappa shape index (κ2) is 11.2. The summed E-state index contributed by atoms with van der Waals surface area (Å²) in [6.07, 6.45) is 1.20. The van der Waals surface area contributed by atoms with Crippen LogP contribution in [0.3, 0.4) is 0 Å². The maximum atomic E-state index is 14.2. The van der Waals surface area contributed by atoms with Gasteiger partial charge in [-0.05, 0) is 54.3 Å². The number of rotatable bonds is 11. The van der Waals surface area contributed by atoms with E-state index in [9.17, 15) is 22.4 Å². The average molecular weight is 471 g/mol. The molecule has 0 aliphatic carbocycles. The van der Waals surface area contributed by atoms with Crippen LogP contribution in [0, 0.1) is 11.7 Å². The van der Waals surface area contributed by atoms with Crippen LogP contribution in [0.2, 0.25) is 5.02 Å². The maximum absolute atomic E-state index is 14.2. The molecule has 10 heteroatoms. The molecular weight excluding hydrogens is 447 g/mol. The maximum Gasteiger partial charge on any atom is 0.260 e. The Balaban J connectivity index is 2.31. The normalized spacial score (nSPS) is 11.5. The molecule has 0 aliphatic heterocycles. The summed E-state index contributed by atoms with van der Waals surface area (Å²) in [6.45, 7) is 3.28. The number of aldehydes is 1. The number of carbonyl (C=O) groups excluding carboxylic acids is 2. The quantitative estimate of drug-likeness (QED) is 0.399. The molecule has 0 atom stereocenters. The van der Waals surface area contributed by atoms with Gasteiger partial charge in [0.15, 0.2) is 17.9 Å². The summed E-state index contributed by atoms with van der Waals surface area (Å²) in [5.74, 6) is -1.10. The first-order chi connectivity index (χ1) is 14.6. The number of hydrazine groups is 1. The molecule has 0 saturated carbocycles. The number of carbonyl (C=O) groups is 2. The summed E-state index contributed by atoms with van der Waals surface area (Å²) >= 11 is 5.84. The zero-order valence-electron chi connectivity index (χ0n) is 17.2. The fourth-order valence-corrected chi connectivity index (χ4v) is 3.98. The van der Waals surface area contributed by atoms with E-state index in [1.807, 2.05) is 13.8 Å². The molecule has 0 radical (unpaired) electrons. The van der Waals surface area contributed by atoms with Gasteiger partial charge in [-0.25, -0.2) is 12.8 Å². The van der Waals surface area contributed by atoms with E-state index in [0.717, 1.165) is 10.5 Å². The smallest absolute Gasteiger partial charge is 0.260 e. The SMILES string of the molecule is CC(C)CCC(=O)NN(Cc1ccc(OCC=O)c(F)c1)S(=O)(=O)c1ccc(Cl)cc1. The molecule has 168 valence electrons. The first-order valence-corrected chi connectivity index (χ1v) is 11.4. The number of sulfonamides is 1. The molecule has 7 nitrogen and oxygen atoms in total. The Bertz CT molecular complexity index is 1010. The summed E-state index contributed by atoms with van der Waals surface area (Å²) in [5, 5.41) is 0.361. The van der Waals surface area contributed by atoms with Crippen LogP contribution >= 0.6 is 11.6 Å². The molecule has 1 N–H and O–H groups in total. The zero-order chi connectivity index (χ0) is 23.0. The number of hydrogen-bond donors (Lipinski definition) is 1. The molecule has 2 aromatic rings. The van der Waals surface area contributed by atoms with Crippen molar-refractivity contribution in [2.24, 2.45) is 5.92 Å². The topological polar surface area (TPSA) is 92.8 Å². The van der Waals surface area contributed by atoms with Crippen molar-refractivity contribution in [3.8, 4) is 5.75 Å². The number of hydrogen-bond acceptors (Lipinski definition) is 5. The van der Waals surface area contributed by atoms with E-state index < -0.39 is 21.7 Å². The van der Waals surface area contributed by atoms with Gasteiger partial charge in [0.25, 0.3) is 10.0 Å². The third-order valence-electron chi connectivity index (χ3n) is 4.23. The first kappa shape index (κ1) is 24.8. The van der Waals surface area contributed by atoms with Gasteiger partial charge in [0.2, 0.25) is 5.91 Å². The van der Waals surface area contributed by atoms with Gasteiger partial charge in [-0.3, -0.25) is 15.0 Å². The van der Waals surface area contributed by atoms with Crippen LogP contribution in [0.25, 0.3) is 0 Å². The van der Waals surface area contributed by atoms with E-state index in [2.05, 4.69) is 5.43 Å². The highest BCUT2D eigenvalue weighted by Gasteiger charge is 2.27. The van der Waals surface area contributed by atoms with Gasteiger partial charge in [0.1, 0.15) is 6.61 Å². The standard InChI is InChI=1S/C21H24ClFN2O5S/c1-15(2)3-10-21(27)24-25(31(28,29)18-7-5-17(22)6-8-18)14-16-4-9-20(19(23)13-16)30-12-11-26/h4-9,11,13,15H,3,10,12,14H2,1-2H3,(H,24,27). The Morgan fingerprint density at radius 2 is 1.90 bits per heavy atom. The molecule has 0 spiro atoms. The molecule has 1 amide bonds. The zero-order valence-corrected chi connectivity index (χ0v) is 18.7. The molecule has 0 aliphatic rings.